The predicted octanol–water partition coefficient (Wildman–Crippen LogP) is -0.863. The summed E-state index contributed by atoms with van der Waals surface area (Å²) in [4.78, 5) is 34.8. The van der Waals surface area contributed by atoms with Crippen molar-refractivity contribution in [2.45, 2.75) is 25.3 Å². The molecule has 1 saturated heterocycles. The maximum absolute atomic E-state index is 11.9. The van der Waals surface area contributed by atoms with Gasteiger partial charge in [-0.25, -0.2) is 9.59 Å². The predicted molar refractivity (Wildman–Crippen MR) is 65.4 cm³/mol. The molecule has 19 heavy (non-hydrogen) atoms. The van der Waals surface area contributed by atoms with Gasteiger partial charge in [0, 0.05) is 13.1 Å². The van der Waals surface area contributed by atoms with Gasteiger partial charge in [0.1, 0.15) is 12.1 Å². The highest BCUT2D eigenvalue weighted by Gasteiger charge is 2.45. The zero-order chi connectivity index (χ0) is 14.5. The van der Waals surface area contributed by atoms with Crippen molar-refractivity contribution < 1.29 is 24.2 Å². The Balaban J connectivity index is 2.37. The number of hydrogen-bond donors (Lipinski definition) is 3. The Morgan fingerprint density at radius 1 is 1.47 bits per heavy atom. The quantitative estimate of drug-likeness (QED) is 0.543. The molecule has 8 nitrogen and oxygen atoms in total. The van der Waals surface area contributed by atoms with Gasteiger partial charge in [0.15, 0.2) is 0 Å². The van der Waals surface area contributed by atoms with Crippen molar-refractivity contribution in [1.29, 1.82) is 0 Å². The average Bonchev–Trinajstić information content (AvgIpc) is 2.71. The number of carbonyl (C=O) groups is 3. The first kappa shape index (κ1) is 15.2. The van der Waals surface area contributed by atoms with Crippen LogP contribution >= 0.6 is 0 Å². The molecule has 0 saturated carbocycles. The first-order valence-electron chi connectivity index (χ1n) is 6.03. The number of aliphatic carboxylic acids is 1. The molecule has 1 aliphatic rings. The van der Waals surface area contributed by atoms with Gasteiger partial charge in [-0.2, -0.15) is 0 Å². The van der Waals surface area contributed by atoms with Crippen molar-refractivity contribution in [2.75, 3.05) is 26.3 Å². The van der Waals surface area contributed by atoms with E-state index in [9.17, 15) is 14.4 Å². The minimum absolute atomic E-state index is 0.145. The highest BCUT2D eigenvalue weighted by molar-refractivity contribution is 5.86. The molecule has 8 heteroatoms. The number of nitrogens with two attached hydrogens (primary N) is 1. The molecule has 0 radical (unpaired) electrons. The first-order chi connectivity index (χ1) is 8.88. The fourth-order valence-corrected chi connectivity index (χ4v) is 2.01. The van der Waals surface area contributed by atoms with Crippen LogP contribution in [0.3, 0.4) is 0 Å². The topological polar surface area (TPSA) is 122 Å². The zero-order valence-corrected chi connectivity index (χ0v) is 10.8. The maximum Gasteiger partial charge on any atom is 0.329 e. The Bertz CT molecular complexity index is 373. The van der Waals surface area contributed by atoms with E-state index in [1.54, 1.807) is 0 Å². The normalized spacial score (nSPS) is 22.3. The summed E-state index contributed by atoms with van der Waals surface area (Å²) in [6.07, 6.45) is 1.10. The van der Waals surface area contributed by atoms with E-state index in [1.165, 1.54) is 11.8 Å². The van der Waals surface area contributed by atoms with Crippen LogP contribution in [0.25, 0.3) is 0 Å². The second kappa shape index (κ2) is 6.37. The van der Waals surface area contributed by atoms with Crippen molar-refractivity contribution in [1.82, 2.24) is 10.2 Å². The summed E-state index contributed by atoms with van der Waals surface area (Å²) < 4.78 is 4.88. The lowest BCUT2D eigenvalue weighted by atomic mass is 10.00. The minimum Gasteiger partial charge on any atom is -0.480 e. The molecule has 108 valence electrons. The molecule has 0 bridgehead atoms. The molecule has 0 aromatic rings. The van der Waals surface area contributed by atoms with Crippen LogP contribution in [-0.2, 0) is 14.3 Å². The van der Waals surface area contributed by atoms with Gasteiger partial charge in [-0.05, 0) is 19.8 Å². The van der Waals surface area contributed by atoms with Crippen LogP contribution in [0, 0.1) is 0 Å². The molecular formula is C11H19N3O5. The van der Waals surface area contributed by atoms with E-state index in [1.807, 2.05) is 0 Å². The summed E-state index contributed by atoms with van der Waals surface area (Å²) in [6.45, 7) is 2.08. The Labute approximate surface area is 110 Å². The summed E-state index contributed by atoms with van der Waals surface area (Å²) in [6, 6.07) is -0.440. The number of rotatable bonds is 6. The number of amides is 3. The number of urea groups is 1. The van der Waals surface area contributed by atoms with Crippen LogP contribution < -0.4 is 11.1 Å². The minimum atomic E-state index is -1.15. The van der Waals surface area contributed by atoms with Gasteiger partial charge >= 0.3 is 12.0 Å². The number of likely N-dealkylation sites (tertiary alicyclic amines) is 1. The highest BCUT2D eigenvalue weighted by atomic mass is 16.5. The molecule has 1 atom stereocenters. The second-order valence-electron chi connectivity index (χ2n) is 4.59. The smallest absolute Gasteiger partial charge is 0.329 e. The molecule has 1 unspecified atom stereocenters. The summed E-state index contributed by atoms with van der Waals surface area (Å²) in [5, 5.41) is 11.7. The third kappa shape index (κ3) is 3.82. The van der Waals surface area contributed by atoms with Crippen molar-refractivity contribution in [3.8, 4) is 0 Å². The van der Waals surface area contributed by atoms with Gasteiger partial charge in [-0.1, -0.05) is 0 Å². The van der Waals surface area contributed by atoms with Crippen LogP contribution in [0.2, 0.25) is 0 Å². The Morgan fingerprint density at radius 2 is 2.16 bits per heavy atom. The van der Waals surface area contributed by atoms with Gasteiger partial charge in [-0.15, -0.1) is 0 Å². The molecule has 0 aliphatic carbocycles. The van der Waals surface area contributed by atoms with Crippen molar-refractivity contribution >= 4 is 17.9 Å². The molecule has 0 spiro atoms. The number of carboxylic acids is 1. The molecule has 1 heterocycles. The van der Waals surface area contributed by atoms with Crippen molar-refractivity contribution in [2.24, 2.45) is 5.73 Å². The first-order valence-corrected chi connectivity index (χ1v) is 6.03. The summed E-state index contributed by atoms with van der Waals surface area (Å²) in [5.41, 5.74) is 3.72. The molecule has 0 aromatic heterocycles. The zero-order valence-electron chi connectivity index (χ0n) is 10.8. The van der Waals surface area contributed by atoms with Crippen molar-refractivity contribution in [3.05, 3.63) is 0 Å². The molecule has 1 aliphatic heterocycles. The molecular weight excluding hydrogens is 254 g/mol. The van der Waals surface area contributed by atoms with Crippen LogP contribution in [0.15, 0.2) is 0 Å². The third-order valence-corrected chi connectivity index (χ3v) is 3.11. The van der Waals surface area contributed by atoms with E-state index in [-0.39, 0.29) is 19.8 Å². The van der Waals surface area contributed by atoms with Gasteiger partial charge in [0.2, 0.25) is 5.91 Å². The van der Waals surface area contributed by atoms with E-state index < -0.39 is 23.4 Å². The van der Waals surface area contributed by atoms with Crippen LogP contribution in [0.1, 0.15) is 19.8 Å². The fraction of sp³-hybridized carbons (Fsp3) is 0.727. The monoisotopic (exact) mass is 273 g/mol. The fourth-order valence-electron chi connectivity index (χ4n) is 2.01. The number of nitrogens with one attached hydrogen (secondary N) is 1. The Kier molecular flexibility index (Phi) is 5.11. The second-order valence-corrected chi connectivity index (χ2v) is 4.59. The molecule has 0 aromatic carbocycles. The number of hydrogen-bond acceptors (Lipinski definition) is 4. The number of ether oxygens (including phenoxy) is 1. The SMILES string of the molecule is CC1(C(=O)O)CCCN1C(=O)NCCOCC(N)=O. The average molecular weight is 273 g/mol. The number of primary amides is 1. The molecule has 1 rings (SSSR count). The molecule has 3 amide bonds. The lowest BCUT2D eigenvalue weighted by Crippen LogP contribution is -2.54. The highest BCUT2D eigenvalue weighted by Crippen LogP contribution is 2.28. The van der Waals surface area contributed by atoms with Crippen LogP contribution in [0.5, 0.6) is 0 Å². The lowest BCUT2D eigenvalue weighted by molar-refractivity contribution is -0.147. The Morgan fingerprint density at radius 3 is 2.74 bits per heavy atom. The van der Waals surface area contributed by atoms with Crippen LogP contribution in [0.4, 0.5) is 4.79 Å². The summed E-state index contributed by atoms with van der Waals surface area (Å²) >= 11 is 0. The van der Waals surface area contributed by atoms with Gasteiger partial charge in [0.05, 0.1) is 6.61 Å². The van der Waals surface area contributed by atoms with Gasteiger partial charge in [-0.3, -0.25) is 4.79 Å². The van der Waals surface area contributed by atoms with E-state index in [0.717, 1.165) is 0 Å². The number of nitrogens with zero attached hydrogens (tertiary/aromatic N) is 1. The van der Waals surface area contributed by atoms with E-state index in [2.05, 4.69) is 5.32 Å². The van der Waals surface area contributed by atoms with E-state index >= 15 is 0 Å². The van der Waals surface area contributed by atoms with Gasteiger partial charge < -0.3 is 25.8 Å². The number of carboxylic acid groups (broad SMARTS) is 1. The number of carbonyl (C=O) groups excluding carboxylic acids is 2. The van der Waals surface area contributed by atoms with E-state index in [0.29, 0.717) is 19.4 Å². The standard InChI is InChI=1S/C11H19N3O5/c1-11(9(16)17)3-2-5-14(11)10(18)13-4-6-19-7-8(12)15/h2-7H2,1H3,(H2,12,15)(H,13,18)(H,16,17). The van der Waals surface area contributed by atoms with Gasteiger partial charge in [0.25, 0.3) is 0 Å². The van der Waals surface area contributed by atoms with Crippen LogP contribution in [-0.4, -0.2) is 59.8 Å². The van der Waals surface area contributed by atoms with Crippen molar-refractivity contribution in [3.63, 3.8) is 0 Å². The molecule has 1 fully saturated rings. The Hall–Kier alpha value is -1.83. The third-order valence-electron chi connectivity index (χ3n) is 3.11. The lowest BCUT2D eigenvalue weighted by Gasteiger charge is -2.31. The largest absolute Gasteiger partial charge is 0.480 e. The summed E-state index contributed by atoms with van der Waals surface area (Å²) in [7, 11) is 0. The molecule has 4 N–H and O–H groups in total. The van der Waals surface area contributed by atoms with E-state index in [4.69, 9.17) is 15.6 Å². The summed E-state index contributed by atoms with van der Waals surface area (Å²) in [5.74, 6) is -1.59. The maximum atomic E-state index is 11.9.